The molecule has 0 saturated carbocycles. The number of fused-ring (bicyclic) bond motifs is 1. The molecular formula is C53H51NO7. The van der Waals surface area contributed by atoms with Gasteiger partial charge in [0.05, 0.1) is 38.6 Å². The Kier molecular flexibility index (Phi) is 13.9. The molecule has 6 aromatic carbocycles. The Morgan fingerprint density at radius 2 is 1.13 bits per heavy atom. The number of ether oxygens (including phenoxy) is 5. The summed E-state index contributed by atoms with van der Waals surface area (Å²) < 4.78 is 37.2. The van der Waals surface area contributed by atoms with Gasteiger partial charge in [-0.2, -0.15) is 0 Å². The summed E-state index contributed by atoms with van der Waals surface area (Å²) in [6.45, 7) is 4.46. The topological polar surface area (TPSA) is 88.4 Å². The summed E-state index contributed by atoms with van der Waals surface area (Å²) in [6.07, 6.45) is 2.15. The largest absolute Gasteiger partial charge is 0.478 e. The van der Waals surface area contributed by atoms with E-state index < -0.39 is 36.5 Å². The molecule has 0 unspecified atom stereocenters. The number of benzene rings is 6. The maximum atomic E-state index is 11.1. The van der Waals surface area contributed by atoms with Crippen molar-refractivity contribution in [3.63, 3.8) is 0 Å². The fourth-order valence-corrected chi connectivity index (χ4v) is 8.06. The molecule has 310 valence electrons. The molecule has 0 spiro atoms. The van der Waals surface area contributed by atoms with Crippen LogP contribution in [0.5, 0.6) is 0 Å². The van der Waals surface area contributed by atoms with E-state index in [1.165, 1.54) is 0 Å². The van der Waals surface area contributed by atoms with Gasteiger partial charge in [0.15, 0.2) is 0 Å². The first-order valence-corrected chi connectivity index (χ1v) is 20.8. The van der Waals surface area contributed by atoms with Crippen LogP contribution in [0.15, 0.2) is 176 Å². The number of aromatic nitrogens is 1. The van der Waals surface area contributed by atoms with Crippen LogP contribution in [-0.4, -0.2) is 46.7 Å². The van der Waals surface area contributed by atoms with Crippen LogP contribution in [0.25, 0.3) is 17.0 Å². The number of aryl methyl sites for hydroxylation is 1. The van der Waals surface area contributed by atoms with Crippen molar-refractivity contribution in [1.29, 1.82) is 0 Å². The molecular weight excluding hydrogens is 763 g/mol. The lowest BCUT2D eigenvalue weighted by molar-refractivity contribution is -0.274. The molecule has 7 aromatic rings. The normalized spacial score (nSPS) is 19.1. The third kappa shape index (κ3) is 10.8. The zero-order valence-corrected chi connectivity index (χ0v) is 34.3. The summed E-state index contributed by atoms with van der Waals surface area (Å²) in [5.41, 5.74) is 9.31. The van der Waals surface area contributed by atoms with E-state index in [2.05, 4.69) is 84.4 Å². The van der Waals surface area contributed by atoms with E-state index in [-0.39, 0.29) is 6.61 Å². The first kappa shape index (κ1) is 41.6. The van der Waals surface area contributed by atoms with E-state index in [0.29, 0.717) is 33.0 Å². The van der Waals surface area contributed by atoms with E-state index in [9.17, 15) is 4.79 Å². The molecule has 0 radical (unpaired) electrons. The van der Waals surface area contributed by atoms with Gasteiger partial charge in [-0.15, -0.1) is 0 Å². The number of nitrogens with zero attached hydrogens (tertiary/aromatic N) is 1. The second-order valence-electron chi connectivity index (χ2n) is 15.5. The molecule has 2 heterocycles. The summed E-state index contributed by atoms with van der Waals surface area (Å²) in [5.74, 6) is -0.978. The molecule has 0 bridgehead atoms. The Hall–Kier alpha value is -6.13. The lowest BCUT2D eigenvalue weighted by Crippen LogP contribution is -2.58. The lowest BCUT2D eigenvalue weighted by Gasteiger charge is -2.46. The maximum Gasteiger partial charge on any atom is 0.328 e. The highest BCUT2D eigenvalue weighted by atomic mass is 16.6. The molecule has 1 aliphatic heterocycles. The SMILES string of the molecule is Cc1cccc2c([C@@H]3O[C@H](COCc4ccccc4)[C@@H](OCc4ccccc4)[C@H](OCc4ccccc4)[C@H]3OCc3ccccc3)cn(Cc3ccc(/C=C/C(=O)O)cc3)c12. The van der Waals surface area contributed by atoms with E-state index in [0.717, 1.165) is 61.5 Å². The number of carboxylic acid groups (broad SMARTS) is 1. The van der Waals surface area contributed by atoms with Crippen molar-refractivity contribution in [3.05, 3.63) is 221 Å². The fourth-order valence-electron chi connectivity index (χ4n) is 8.06. The maximum absolute atomic E-state index is 11.1. The first-order valence-electron chi connectivity index (χ1n) is 20.8. The number of carbonyl (C=O) groups is 1. The Balaban J connectivity index is 1.20. The van der Waals surface area contributed by atoms with Crippen molar-refractivity contribution < 1.29 is 33.6 Å². The Labute approximate surface area is 357 Å². The third-order valence-corrected chi connectivity index (χ3v) is 11.1. The van der Waals surface area contributed by atoms with Gasteiger partial charge in [-0.05, 0) is 51.9 Å². The highest BCUT2D eigenvalue weighted by Gasteiger charge is 2.49. The zero-order valence-electron chi connectivity index (χ0n) is 34.3. The van der Waals surface area contributed by atoms with Gasteiger partial charge in [0, 0.05) is 29.8 Å². The van der Waals surface area contributed by atoms with Gasteiger partial charge in [-0.25, -0.2) is 4.79 Å². The Morgan fingerprint density at radius 3 is 1.69 bits per heavy atom. The molecule has 1 aliphatic rings. The van der Waals surface area contributed by atoms with Crippen LogP contribution in [0.4, 0.5) is 0 Å². The molecule has 61 heavy (non-hydrogen) atoms. The molecule has 0 aliphatic carbocycles. The number of hydrogen-bond acceptors (Lipinski definition) is 6. The minimum atomic E-state index is -0.978. The number of aliphatic carboxylic acids is 1. The van der Waals surface area contributed by atoms with Crippen molar-refractivity contribution in [1.82, 2.24) is 4.57 Å². The summed E-state index contributed by atoms with van der Waals surface area (Å²) >= 11 is 0. The molecule has 1 saturated heterocycles. The molecule has 5 atom stereocenters. The van der Waals surface area contributed by atoms with Gasteiger partial charge in [-0.1, -0.05) is 164 Å². The second-order valence-corrected chi connectivity index (χ2v) is 15.5. The van der Waals surface area contributed by atoms with Crippen molar-refractivity contribution >= 4 is 22.9 Å². The molecule has 8 nitrogen and oxygen atoms in total. The van der Waals surface area contributed by atoms with Gasteiger partial charge < -0.3 is 33.4 Å². The number of carboxylic acids is 1. The summed E-state index contributed by atoms with van der Waals surface area (Å²) in [5, 5.41) is 10.2. The average molecular weight is 814 g/mol. The van der Waals surface area contributed by atoms with Gasteiger partial charge in [0.25, 0.3) is 0 Å². The molecule has 8 rings (SSSR count). The van der Waals surface area contributed by atoms with Crippen molar-refractivity contribution in [3.8, 4) is 0 Å². The number of rotatable bonds is 18. The number of para-hydroxylation sites is 1. The number of hydrogen-bond donors (Lipinski definition) is 1. The van der Waals surface area contributed by atoms with Gasteiger partial charge in [-0.3, -0.25) is 0 Å². The predicted octanol–water partition coefficient (Wildman–Crippen LogP) is 10.5. The highest BCUT2D eigenvalue weighted by molar-refractivity contribution is 5.87. The quantitative estimate of drug-likeness (QED) is 0.0863. The highest BCUT2D eigenvalue weighted by Crippen LogP contribution is 2.42. The molecule has 1 fully saturated rings. The summed E-state index contributed by atoms with van der Waals surface area (Å²) in [6, 6.07) is 55.0. The smallest absolute Gasteiger partial charge is 0.328 e. The zero-order chi connectivity index (χ0) is 41.8. The Morgan fingerprint density at radius 1 is 0.607 bits per heavy atom. The van der Waals surface area contributed by atoms with Crippen molar-refractivity contribution in [2.24, 2.45) is 0 Å². The average Bonchev–Trinajstić information content (AvgIpc) is 3.67. The van der Waals surface area contributed by atoms with Crippen LogP contribution in [-0.2, 0) is 61.5 Å². The molecule has 8 heteroatoms. The van der Waals surface area contributed by atoms with Crippen molar-refractivity contribution in [2.75, 3.05) is 6.61 Å². The van der Waals surface area contributed by atoms with E-state index in [4.69, 9.17) is 28.8 Å². The van der Waals surface area contributed by atoms with E-state index in [1.807, 2.05) is 97.1 Å². The van der Waals surface area contributed by atoms with Crippen LogP contribution in [0.1, 0.15) is 50.6 Å². The van der Waals surface area contributed by atoms with Crippen LogP contribution in [0.2, 0.25) is 0 Å². The lowest BCUT2D eigenvalue weighted by atomic mass is 9.90. The molecule has 0 amide bonds. The fraction of sp³-hybridized carbons (Fsp3) is 0.226. The molecule has 1 N–H and O–H groups in total. The predicted molar refractivity (Wildman–Crippen MR) is 238 cm³/mol. The van der Waals surface area contributed by atoms with Crippen LogP contribution >= 0.6 is 0 Å². The molecule has 1 aromatic heterocycles. The van der Waals surface area contributed by atoms with E-state index >= 15 is 0 Å². The van der Waals surface area contributed by atoms with Crippen molar-refractivity contribution in [2.45, 2.75) is 70.4 Å². The minimum Gasteiger partial charge on any atom is -0.478 e. The Bertz CT molecular complexity index is 2470. The first-order chi connectivity index (χ1) is 30.0. The second kappa shape index (κ2) is 20.4. The van der Waals surface area contributed by atoms with Gasteiger partial charge in [0.2, 0.25) is 0 Å². The standard InChI is InChI=1S/C53H51NO7/c1-38-15-14-24-45-46(32-54(49(38)45)31-40-27-25-39(26-28-40)29-30-48(55)56)50-52(59-35-43-20-10-4-11-21-43)53(60-36-44-22-12-5-13-23-44)51(58-34-42-18-8-3-9-19-42)47(61-50)37-57-33-41-16-6-2-7-17-41/h2-30,32,47,50-53H,31,33-37H2,1H3,(H,55,56)/b30-29+/t47-,50+,51-,52+,53+/m1/s1. The van der Waals surface area contributed by atoms with Crippen LogP contribution in [0, 0.1) is 6.92 Å². The third-order valence-electron chi connectivity index (χ3n) is 11.1. The monoisotopic (exact) mass is 813 g/mol. The van der Waals surface area contributed by atoms with E-state index in [1.54, 1.807) is 6.08 Å². The summed E-state index contributed by atoms with van der Waals surface area (Å²) in [4.78, 5) is 11.1. The van der Waals surface area contributed by atoms with Gasteiger partial charge >= 0.3 is 5.97 Å². The van der Waals surface area contributed by atoms with Crippen LogP contribution < -0.4 is 0 Å². The van der Waals surface area contributed by atoms with Crippen LogP contribution in [0.3, 0.4) is 0 Å². The van der Waals surface area contributed by atoms with Gasteiger partial charge in [0.1, 0.15) is 30.5 Å². The summed E-state index contributed by atoms with van der Waals surface area (Å²) in [7, 11) is 0. The minimum absolute atomic E-state index is 0.266.